The van der Waals surface area contributed by atoms with E-state index in [0.29, 0.717) is 17.9 Å². The fourth-order valence-electron chi connectivity index (χ4n) is 3.27. The molecule has 34 heavy (non-hydrogen) atoms. The van der Waals surface area contributed by atoms with Crippen LogP contribution in [0.3, 0.4) is 0 Å². The van der Waals surface area contributed by atoms with E-state index in [1.165, 1.54) is 49.5 Å². The summed E-state index contributed by atoms with van der Waals surface area (Å²) in [7, 11) is -2.43. The van der Waals surface area contributed by atoms with E-state index in [1.54, 1.807) is 25.1 Å². The lowest BCUT2D eigenvalue weighted by Gasteiger charge is -2.20. The van der Waals surface area contributed by atoms with Crippen LogP contribution in [0.4, 0.5) is 18.9 Å². The van der Waals surface area contributed by atoms with E-state index in [2.05, 4.69) is 5.32 Å². The Bertz CT molecular complexity index is 1260. The fourth-order valence-corrected chi connectivity index (χ4v) is 4.44. The topological polar surface area (TPSA) is 75.7 Å². The Hall–Kier alpha value is -3.37. The summed E-state index contributed by atoms with van der Waals surface area (Å²) in [6, 6.07) is 16.8. The number of hydrogen-bond donors (Lipinski definition) is 1. The number of amides is 1. The van der Waals surface area contributed by atoms with E-state index in [0.717, 1.165) is 16.4 Å². The molecule has 0 heterocycles. The van der Waals surface area contributed by atoms with Crippen LogP contribution in [0.5, 0.6) is 5.75 Å². The van der Waals surface area contributed by atoms with E-state index in [1.807, 2.05) is 0 Å². The number of carbonyl (C=O) groups is 1. The van der Waals surface area contributed by atoms with Gasteiger partial charge in [0.25, 0.3) is 5.91 Å². The van der Waals surface area contributed by atoms with E-state index < -0.39 is 27.7 Å². The molecule has 0 aromatic heterocycles. The Morgan fingerprint density at radius 1 is 1.00 bits per heavy atom. The van der Waals surface area contributed by atoms with Gasteiger partial charge in [0.2, 0.25) is 10.0 Å². The normalized spacial score (nSPS) is 11.9. The SMILES string of the molecule is CCOc1ccc(C(=O)Nc2ccccc2C(F)(F)F)cc1CN(C)S(=O)(=O)c1ccccc1. The van der Waals surface area contributed by atoms with Crippen LogP contribution in [0.2, 0.25) is 0 Å². The van der Waals surface area contributed by atoms with E-state index in [9.17, 15) is 26.4 Å². The van der Waals surface area contributed by atoms with Gasteiger partial charge in [-0.05, 0) is 49.4 Å². The summed E-state index contributed by atoms with van der Waals surface area (Å²) < 4.78 is 72.3. The van der Waals surface area contributed by atoms with Crippen molar-refractivity contribution in [2.75, 3.05) is 19.0 Å². The summed E-state index contributed by atoms with van der Waals surface area (Å²) in [5.41, 5.74) is -0.899. The number of nitrogens with zero attached hydrogens (tertiary/aromatic N) is 1. The predicted molar refractivity (Wildman–Crippen MR) is 122 cm³/mol. The van der Waals surface area contributed by atoms with Crippen LogP contribution < -0.4 is 10.1 Å². The molecule has 0 aliphatic carbocycles. The number of alkyl halides is 3. The summed E-state index contributed by atoms with van der Waals surface area (Å²) in [5, 5.41) is 2.29. The molecule has 0 unspecified atom stereocenters. The van der Waals surface area contributed by atoms with Crippen LogP contribution in [0.1, 0.15) is 28.4 Å². The number of ether oxygens (including phenoxy) is 1. The highest BCUT2D eigenvalue weighted by Crippen LogP contribution is 2.35. The van der Waals surface area contributed by atoms with Crippen molar-refractivity contribution >= 4 is 21.6 Å². The zero-order valence-corrected chi connectivity index (χ0v) is 19.3. The number of nitrogens with one attached hydrogen (secondary N) is 1. The van der Waals surface area contributed by atoms with Crippen LogP contribution >= 0.6 is 0 Å². The van der Waals surface area contributed by atoms with Gasteiger partial charge in [-0.1, -0.05) is 30.3 Å². The lowest BCUT2D eigenvalue weighted by molar-refractivity contribution is -0.136. The molecule has 0 fully saturated rings. The van der Waals surface area contributed by atoms with E-state index in [-0.39, 0.29) is 22.7 Å². The number of halogens is 3. The lowest BCUT2D eigenvalue weighted by atomic mass is 10.1. The molecule has 10 heteroatoms. The van der Waals surface area contributed by atoms with Crippen molar-refractivity contribution < 1.29 is 31.1 Å². The van der Waals surface area contributed by atoms with Crippen molar-refractivity contribution in [2.45, 2.75) is 24.5 Å². The van der Waals surface area contributed by atoms with Crippen LogP contribution in [0, 0.1) is 0 Å². The molecule has 0 atom stereocenters. The Morgan fingerprint density at radius 2 is 1.65 bits per heavy atom. The molecule has 1 amide bonds. The molecule has 3 rings (SSSR count). The Labute approximate surface area is 196 Å². The molecule has 0 radical (unpaired) electrons. The molecule has 0 aliphatic heterocycles. The number of rotatable bonds is 8. The van der Waals surface area contributed by atoms with Crippen molar-refractivity contribution in [2.24, 2.45) is 0 Å². The first-order valence-corrected chi connectivity index (χ1v) is 11.7. The van der Waals surface area contributed by atoms with Crippen molar-refractivity contribution in [3.05, 3.63) is 89.5 Å². The molecule has 180 valence electrons. The fraction of sp³-hybridized carbons (Fsp3) is 0.208. The van der Waals surface area contributed by atoms with E-state index >= 15 is 0 Å². The maximum absolute atomic E-state index is 13.3. The first kappa shape index (κ1) is 25.3. The Kier molecular flexibility index (Phi) is 7.63. The van der Waals surface area contributed by atoms with Crippen molar-refractivity contribution in [1.29, 1.82) is 0 Å². The molecule has 0 saturated heterocycles. The second-order valence-electron chi connectivity index (χ2n) is 7.33. The van der Waals surface area contributed by atoms with Gasteiger partial charge in [-0.15, -0.1) is 0 Å². The van der Waals surface area contributed by atoms with Gasteiger partial charge in [0, 0.05) is 24.7 Å². The maximum Gasteiger partial charge on any atom is 0.418 e. The van der Waals surface area contributed by atoms with E-state index in [4.69, 9.17) is 4.74 Å². The monoisotopic (exact) mass is 492 g/mol. The number of carbonyl (C=O) groups excluding carboxylic acids is 1. The summed E-state index contributed by atoms with van der Waals surface area (Å²) in [6.07, 6.45) is -4.64. The smallest absolute Gasteiger partial charge is 0.418 e. The summed E-state index contributed by atoms with van der Waals surface area (Å²) in [6.45, 7) is 1.93. The van der Waals surface area contributed by atoms with Gasteiger partial charge >= 0.3 is 6.18 Å². The molecule has 0 saturated carbocycles. The highest BCUT2D eigenvalue weighted by Gasteiger charge is 2.33. The minimum Gasteiger partial charge on any atom is -0.494 e. The standard InChI is InChI=1S/C24H23F3N2O4S/c1-3-33-22-14-13-17(23(30)28-21-12-8-7-11-20(21)24(25,26)27)15-18(22)16-29(2)34(31,32)19-9-5-4-6-10-19/h4-15H,3,16H2,1-2H3,(H,28,30). The van der Waals surface area contributed by atoms with Crippen molar-refractivity contribution in [3.63, 3.8) is 0 Å². The highest BCUT2D eigenvalue weighted by atomic mass is 32.2. The second-order valence-corrected chi connectivity index (χ2v) is 9.37. The zero-order valence-electron chi connectivity index (χ0n) is 18.5. The number of sulfonamides is 1. The molecule has 0 bridgehead atoms. The summed E-state index contributed by atoms with van der Waals surface area (Å²) in [4.78, 5) is 12.9. The third kappa shape index (κ3) is 5.75. The van der Waals surface area contributed by atoms with Gasteiger partial charge in [-0.25, -0.2) is 8.42 Å². The highest BCUT2D eigenvalue weighted by molar-refractivity contribution is 7.89. The van der Waals surface area contributed by atoms with Gasteiger partial charge in [0.1, 0.15) is 5.75 Å². The van der Waals surface area contributed by atoms with Gasteiger partial charge in [-0.2, -0.15) is 17.5 Å². The number of para-hydroxylation sites is 1. The molecule has 1 N–H and O–H groups in total. The van der Waals surface area contributed by atoms with Crippen LogP contribution in [-0.4, -0.2) is 32.3 Å². The Morgan fingerprint density at radius 3 is 2.29 bits per heavy atom. The summed E-state index contributed by atoms with van der Waals surface area (Å²) in [5.74, 6) is -0.403. The maximum atomic E-state index is 13.3. The molecule has 3 aromatic carbocycles. The third-order valence-corrected chi connectivity index (χ3v) is 6.77. The quantitative estimate of drug-likeness (QED) is 0.470. The second kappa shape index (κ2) is 10.3. The van der Waals surface area contributed by atoms with Gasteiger partial charge in [0.05, 0.1) is 22.8 Å². The molecular weight excluding hydrogens is 469 g/mol. The predicted octanol–water partition coefficient (Wildman–Crippen LogP) is 5.18. The number of benzene rings is 3. The largest absolute Gasteiger partial charge is 0.494 e. The number of anilines is 1. The van der Waals surface area contributed by atoms with Crippen molar-refractivity contribution in [1.82, 2.24) is 4.31 Å². The van der Waals surface area contributed by atoms with Gasteiger partial charge in [-0.3, -0.25) is 4.79 Å². The average molecular weight is 493 g/mol. The molecule has 0 spiro atoms. The first-order valence-electron chi connectivity index (χ1n) is 10.3. The molecule has 6 nitrogen and oxygen atoms in total. The van der Waals surface area contributed by atoms with Gasteiger partial charge < -0.3 is 10.1 Å². The van der Waals surface area contributed by atoms with Gasteiger partial charge in [0.15, 0.2) is 0 Å². The van der Waals surface area contributed by atoms with Crippen LogP contribution in [-0.2, 0) is 22.7 Å². The molecular formula is C24H23F3N2O4S. The average Bonchev–Trinajstić information content (AvgIpc) is 2.80. The van der Waals surface area contributed by atoms with Crippen LogP contribution in [0.15, 0.2) is 77.7 Å². The lowest BCUT2D eigenvalue weighted by Crippen LogP contribution is -2.27. The summed E-state index contributed by atoms with van der Waals surface area (Å²) >= 11 is 0. The minimum absolute atomic E-state index is 0.0564. The third-order valence-electron chi connectivity index (χ3n) is 4.95. The zero-order chi connectivity index (χ0) is 24.9. The number of hydrogen-bond acceptors (Lipinski definition) is 4. The van der Waals surface area contributed by atoms with Crippen molar-refractivity contribution in [3.8, 4) is 5.75 Å². The first-order chi connectivity index (χ1) is 16.0. The minimum atomic E-state index is -4.64. The van der Waals surface area contributed by atoms with Crippen LogP contribution in [0.25, 0.3) is 0 Å². The molecule has 0 aliphatic rings. The molecule has 3 aromatic rings. The Balaban J connectivity index is 1.90.